The first kappa shape index (κ1) is 19.2. The second-order valence-corrected chi connectivity index (χ2v) is 7.82. The third-order valence-corrected chi connectivity index (χ3v) is 5.98. The number of ether oxygens (including phenoxy) is 1. The lowest BCUT2D eigenvalue weighted by Crippen LogP contribution is -3.18. The third kappa shape index (κ3) is 4.76. The van der Waals surface area contributed by atoms with Crippen LogP contribution < -0.4 is 10.5 Å². The molecule has 1 unspecified atom stereocenters. The van der Waals surface area contributed by atoms with Gasteiger partial charge in [0.1, 0.15) is 17.9 Å². The fourth-order valence-electron chi connectivity index (χ4n) is 4.53. The predicted octanol–water partition coefficient (Wildman–Crippen LogP) is 2.38. The quantitative estimate of drug-likeness (QED) is 0.598. The molecule has 2 aliphatic rings. The number of esters is 1. The predicted molar refractivity (Wildman–Crippen MR) is 99.5 cm³/mol. The lowest BCUT2D eigenvalue weighted by Gasteiger charge is -2.40. The van der Waals surface area contributed by atoms with Crippen molar-refractivity contribution in [2.75, 3.05) is 19.7 Å². The number of aryl methyl sites for hydroxylation is 1. The molecule has 0 saturated carbocycles. The summed E-state index contributed by atoms with van der Waals surface area (Å²) in [5.41, 5.74) is -0.551. The van der Waals surface area contributed by atoms with Crippen LogP contribution in [0.5, 0.6) is 0 Å². The van der Waals surface area contributed by atoms with Gasteiger partial charge in [-0.25, -0.2) is 9.59 Å². The average molecular weight is 362 g/mol. The van der Waals surface area contributed by atoms with Gasteiger partial charge in [0.15, 0.2) is 0 Å². The zero-order valence-electron chi connectivity index (χ0n) is 15.9. The van der Waals surface area contributed by atoms with Crippen molar-refractivity contribution in [2.24, 2.45) is 5.92 Å². The Balaban J connectivity index is 1.55. The molecule has 26 heavy (non-hydrogen) atoms. The third-order valence-electron chi connectivity index (χ3n) is 5.98. The maximum atomic E-state index is 12.4. The van der Waals surface area contributed by atoms with Crippen LogP contribution in [0.4, 0.5) is 0 Å². The minimum atomic E-state index is -0.572. The number of carbonyl (C=O) groups excluding carboxylic acids is 1. The molecule has 0 amide bonds. The number of quaternary nitrogens is 1. The number of piperidine rings is 2. The van der Waals surface area contributed by atoms with Crippen LogP contribution in [0.1, 0.15) is 74.4 Å². The van der Waals surface area contributed by atoms with Gasteiger partial charge in [0.25, 0.3) is 0 Å². The van der Waals surface area contributed by atoms with Gasteiger partial charge in [0.2, 0.25) is 0 Å². The summed E-state index contributed by atoms with van der Waals surface area (Å²) < 4.78 is 10.8. The average Bonchev–Trinajstić information content (AvgIpc) is 2.66. The highest BCUT2D eigenvalue weighted by Crippen LogP contribution is 2.21. The maximum absolute atomic E-state index is 12.4. The summed E-state index contributed by atoms with van der Waals surface area (Å²) in [6.07, 6.45) is 10.1. The van der Waals surface area contributed by atoms with Crippen LogP contribution in [0.25, 0.3) is 0 Å². The number of hydrogen-bond donors (Lipinski definition) is 1. The van der Waals surface area contributed by atoms with Gasteiger partial charge >= 0.3 is 11.6 Å². The minimum Gasteiger partial charge on any atom is -0.461 e. The first-order chi connectivity index (χ1) is 12.7. The van der Waals surface area contributed by atoms with Gasteiger partial charge in [-0.15, -0.1) is 0 Å². The van der Waals surface area contributed by atoms with Crippen molar-refractivity contribution >= 4 is 5.97 Å². The standard InChI is InChI=1S/C21H31NO4/c1-2-3-4-9-17-11-12-18(21(24)26-17)20(23)25-15-16-8-7-14-22-13-6-5-10-19(16)22/h11-12,16,19H,2-10,13-15H2,1H3/p+1/t16-,19-/m1/s1. The van der Waals surface area contributed by atoms with E-state index in [0.717, 1.165) is 32.1 Å². The van der Waals surface area contributed by atoms with Gasteiger partial charge < -0.3 is 14.1 Å². The first-order valence-corrected chi connectivity index (χ1v) is 10.3. The van der Waals surface area contributed by atoms with Crippen molar-refractivity contribution in [3.8, 4) is 0 Å². The van der Waals surface area contributed by atoms with E-state index in [-0.39, 0.29) is 5.56 Å². The molecular weight excluding hydrogens is 330 g/mol. The molecule has 0 aromatic carbocycles. The fraction of sp³-hybridized carbons (Fsp3) is 0.714. The van der Waals surface area contributed by atoms with Gasteiger partial charge in [-0.2, -0.15) is 0 Å². The van der Waals surface area contributed by atoms with Gasteiger partial charge in [0.05, 0.1) is 19.1 Å². The van der Waals surface area contributed by atoms with E-state index in [1.54, 1.807) is 17.0 Å². The van der Waals surface area contributed by atoms with Gasteiger partial charge in [-0.05, 0) is 50.7 Å². The number of unbranched alkanes of at least 4 members (excludes halogenated alkanes) is 2. The molecule has 3 rings (SSSR count). The molecule has 2 aliphatic heterocycles. The highest BCUT2D eigenvalue weighted by atomic mass is 16.5. The molecule has 0 radical (unpaired) electrons. The summed E-state index contributed by atoms with van der Waals surface area (Å²) in [7, 11) is 0. The fourth-order valence-corrected chi connectivity index (χ4v) is 4.53. The Morgan fingerprint density at radius 2 is 2.04 bits per heavy atom. The Morgan fingerprint density at radius 1 is 1.19 bits per heavy atom. The largest absolute Gasteiger partial charge is 0.461 e. The lowest BCUT2D eigenvalue weighted by molar-refractivity contribution is -0.940. The SMILES string of the molecule is CCCCCc1ccc(C(=O)OC[C@H]2CCC[NH+]3CCCC[C@H]23)c(=O)o1. The Kier molecular flexibility index (Phi) is 6.89. The van der Waals surface area contributed by atoms with E-state index in [0.29, 0.717) is 24.3 Å². The Bertz CT molecular complexity index is 652. The normalized spacial score (nSPS) is 25.5. The molecular formula is C21H32NO4+. The van der Waals surface area contributed by atoms with Crippen molar-refractivity contribution in [2.45, 2.75) is 70.8 Å². The van der Waals surface area contributed by atoms with Crippen molar-refractivity contribution in [3.63, 3.8) is 0 Å². The monoisotopic (exact) mass is 362 g/mol. The van der Waals surface area contributed by atoms with Crippen molar-refractivity contribution in [1.29, 1.82) is 0 Å². The van der Waals surface area contributed by atoms with Crippen LogP contribution in [-0.4, -0.2) is 31.7 Å². The molecule has 0 aliphatic carbocycles. The highest BCUT2D eigenvalue weighted by molar-refractivity contribution is 5.88. The molecule has 3 atom stereocenters. The molecule has 0 bridgehead atoms. The Hall–Kier alpha value is -1.62. The van der Waals surface area contributed by atoms with E-state index in [1.165, 1.54) is 38.8 Å². The molecule has 0 spiro atoms. The molecule has 5 heteroatoms. The van der Waals surface area contributed by atoms with Crippen LogP contribution in [0, 0.1) is 5.92 Å². The van der Waals surface area contributed by atoms with Crippen molar-refractivity contribution < 1.29 is 18.8 Å². The number of fused-ring (bicyclic) bond motifs is 1. The Labute approximate surface area is 155 Å². The highest BCUT2D eigenvalue weighted by Gasteiger charge is 2.37. The van der Waals surface area contributed by atoms with Crippen molar-refractivity contribution in [3.05, 3.63) is 33.9 Å². The molecule has 5 nitrogen and oxygen atoms in total. The summed E-state index contributed by atoms with van der Waals surface area (Å²) >= 11 is 0. The minimum absolute atomic E-state index is 0.0212. The lowest BCUT2D eigenvalue weighted by atomic mass is 9.84. The number of rotatable bonds is 7. The molecule has 1 aromatic heterocycles. The van der Waals surface area contributed by atoms with Crippen LogP contribution in [0.2, 0.25) is 0 Å². The van der Waals surface area contributed by atoms with Gasteiger partial charge in [-0.1, -0.05) is 19.8 Å². The smallest absolute Gasteiger partial charge is 0.350 e. The molecule has 1 aromatic rings. The molecule has 3 heterocycles. The van der Waals surface area contributed by atoms with Gasteiger partial charge in [-0.3, -0.25) is 0 Å². The van der Waals surface area contributed by atoms with Crippen LogP contribution >= 0.6 is 0 Å². The van der Waals surface area contributed by atoms with E-state index in [9.17, 15) is 9.59 Å². The van der Waals surface area contributed by atoms with E-state index < -0.39 is 11.6 Å². The zero-order valence-corrected chi connectivity index (χ0v) is 15.9. The second kappa shape index (κ2) is 9.36. The zero-order chi connectivity index (χ0) is 18.4. The first-order valence-electron chi connectivity index (χ1n) is 10.3. The van der Waals surface area contributed by atoms with Crippen LogP contribution in [-0.2, 0) is 11.2 Å². The molecule has 144 valence electrons. The maximum Gasteiger partial charge on any atom is 0.350 e. The van der Waals surface area contributed by atoms with E-state index in [4.69, 9.17) is 9.15 Å². The second-order valence-electron chi connectivity index (χ2n) is 7.82. The number of nitrogens with one attached hydrogen (secondary N) is 1. The number of hydrogen-bond acceptors (Lipinski definition) is 4. The van der Waals surface area contributed by atoms with E-state index >= 15 is 0 Å². The summed E-state index contributed by atoms with van der Waals surface area (Å²) in [5.74, 6) is 0.527. The summed E-state index contributed by atoms with van der Waals surface area (Å²) in [5, 5.41) is 0. The summed E-state index contributed by atoms with van der Waals surface area (Å²) in [6.45, 7) is 5.05. The van der Waals surface area contributed by atoms with Gasteiger partial charge in [0, 0.05) is 12.3 Å². The number of carbonyl (C=O) groups is 1. The van der Waals surface area contributed by atoms with Crippen LogP contribution in [0.3, 0.4) is 0 Å². The van der Waals surface area contributed by atoms with E-state index in [1.807, 2.05) is 0 Å². The topological polar surface area (TPSA) is 61.0 Å². The Morgan fingerprint density at radius 3 is 2.85 bits per heavy atom. The molecule has 2 saturated heterocycles. The molecule has 1 N–H and O–H groups in total. The van der Waals surface area contributed by atoms with Crippen LogP contribution in [0.15, 0.2) is 21.3 Å². The summed E-state index contributed by atoms with van der Waals surface area (Å²) in [4.78, 5) is 26.2. The summed E-state index contributed by atoms with van der Waals surface area (Å²) in [6, 6.07) is 3.91. The molecule has 2 fully saturated rings. The van der Waals surface area contributed by atoms with E-state index in [2.05, 4.69) is 6.92 Å². The van der Waals surface area contributed by atoms with Crippen molar-refractivity contribution in [1.82, 2.24) is 0 Å².